The summed E-state index contributed by atoms with van der Waals surface area (Å²) in [5, 5.41) is 10.2. The Bertz CT molecular complexity index is 621. The Morgan fingerprint density at radius 3 is 2.86 bits per heavy atom. The molecule has 0 bridgehead atoms. The number of aromatic amines is 1. The van der Waals surface area contributed by atoms with Crippen LogP contribution in [0.3, 0.4) is 0 Å². The molecule has 0 amide bonds. The maximum Gasteiger partial charge on any atom is 0.182 e. The summed E-state index contributed by atoms with van der Waals surface area (Å²) in [7, 11) is 0. The SMILES string of the molecule is O[C@@H]1C[C@@H](C2CCCCC2)N(c2ncnc3nc[nH]c23)C1. The number of hydrogen-bond donors (Lipinski definition) is 2. The largest absolute Gasteiger partial charge is 0.391 e. The molecule has 2 aromatic heterocycles. The molecular weight excluding hydrogens is 266 g/mol. The Kier molecular flexibility index (Phi) is 3.25. The zero-order valence-corrected chi connectivity index (χ0v) is 12.1. The molecule has 1 saturated carbocycles. The second-order valence-corrected chi connectivity index (χ2v) is 6.31. The van der Waals surface area contributed by atoms with Crippen LogP contribution in [0.15, 0.2) is 12.7 Å². The van der Waals surface area contributed by atoms with Crippen molar-refractivity contribution in [1.82, 2.24) is 19.9 Å². The standard InChI is InChI=1S/C15H21N5O/c21-11-6-12(10-4-2-1-3-5-10)20(7-11)15-13-14(17-8-16-13)18-9-19-15/h8-12,21H,1-7H2,(H,16,17,18,19)/t11-,12+/m1/s1. The van der Waals surface area contributed by atoms with Crippen LogP contribution in [-0.4, -0.2) is 43.7 Å². The average molecular weight is 287 g/mol. The lowest BCUT2D eigenvalue weighted by atomic mass is 9.83. The highest BCUT2D eigenvalue weighted by Crippen LogP contribution is 2.37. The number of aliphatic hydroxyl groups excluding tert-OH is 1. The molecule has 1 saturated heterocycles. The fourth-order valence-electron chi connectivity index (χ4n) is 4.02. The molecule has 0 spiro atoms. The molecular formula is C15H21N5O. The number of nitrogens with one attached hydrogen (secondary N) is 1. The number of rotatable bonds is 2. The summed E-state index contributed by atoms with van der Waals surface area (Å²) < 4.78 is 0. The summed E-state index contributed by atoms with van der Waals surface area (Å²) in [6.45, 7) is 0.659. The van der Waals surface area contributed by atoms with E-state index in [4.69, 9.17) is 0 Å². The molecule has 112 valence electrons. The van der Waals surface area contributed by atoms with Crippen LogP contribution in [0.2, 0.25) is 0 Å². The number of imidazole rings is 1. The molecule has 21 heavy (non-hydrogen) atoms. The van der Waals surface area contributed by atoms with Crippen LogP contribution in [0.25, 0.3) is 11.2 Å². The first-order chi connectivity index (χ1) is 10.3. The highest BCUT2D eigenvalue weighted by Gasteiger charge is 2.38. The van der Waals surface area contributed by atoms with Crippen molar-refractivity contribution in [3.8, 4) is 0 Å². The number of aromatic nitrogens is 4. The van der Waals surface area contributed by atoms with E-state index in [1.165, 1.54) is 32.1 Å². The minimum Gasteiger partial charge on any atom is -0.391 e. The molecule has 2 fully saturated rings. The third-order valence-corrected chi connectivity index (χ3v) is 4.99. The molecule has 6 heteroatoms. The number of aliphatic hydroxyl groups is 1. The lowest BCUT2D eigenvalue weighted by molar-refractivity contribution is 0.185. The van der Waals surface area contributed by atoms with Crippen molar-refractivity contribution in [1.29, 1.82) is 0 Å². The van der Waals surface area contributed by atoms with Gasteiger partial charge in [0.05, 0.1) is 12.4 Å². The lowest BCUT2D eigenvalue weighted by Gasteiger charge is -2.34. The van der Waals surface area contributed by atoms with Crippen LogP contribution in [0.4, 0.5) is 5.82 Å². The molecule has 6 nitrogen and oxygen atoms in total. The van der Waals surface area contributed by atoms with Gasteiger partial charge in [-0.1, -0.05) is 19.3 Å². The minimum atomic E-state index is -0.259. The number of hydrogen-bond acceptors (Lipinski definition) is 5. The van der Waals surface area contributed by atoms with Gasteiger partial charge in [-0.3, -0.25) is 0 Å². The zero-order valence-electron chi connectivity index (χ0n) is 12.1. The quantitative estimate of drug-likeness (QED) is 0.881. The average Bonchev–Trinajstić information content (AvgIpc) is 3.14. The Hall–Kier alpha value is -1.69. The summed E-state index contributed by atoms with van der Waals surface area (Å²) in [6, 6.07) is 0.390. The van der Waals surface area contributed by atoms with Crippen molar-refractivity contribution in [2.75, 3.05) is 11.4 Å². The smallest absolute Gasteiger partial charge is 0.182 e. The fraction of sp³-hybridized carbons (Fsp3) is 0.667. The van der Waals surface area contributed by atoms with Gasteiger partial charge in [0.15, 0.2) is 11.5 Å². The maximum atomic E-state index is 10.2. The first kappa shape index (κ1) is 13.0. The van der Waals surface area contributed by atoms with Gasteiger partial charge in [0.1, 0.15) is 11.8 Å². The van der Waals surface area contributed by atoms with Crippen molar-refractivity contribution in [3.05, 3.63) is 12.7 Å². The zero-order chi connectivity index (χ0) is 14.2. The summed E-state index contributed by atoms with van der Waals surface area (Å²) in [6.07, 6.45) is 10.3. The molecule has 1 aliphatic heterocycles. The van der Waals surface area contributed by atoms with Gasteiger partial charge < -0.3 is 15.0 Å². The molecule has 2 aliphatic rings. The van der Waals surface area contributed by atoms with Crippen LogP contribution in [0, 0.1) is 5.92 Å². The number of fused-ring (bicyclic) bond motifs is 1. The van der Waals surface area contributed by atoms with Gasteiger partial charge in [-0.25, -0.2) is 15.0 Å². The fourth-order valence-corrected chi connectivity index (χ4v) is 4.02. The molecule has 4 rings (SSSR count). The Labute approximate surface area is 123 Å². The summed E-state index contributed by atoms with van der Waals surface area (Å²) in [5.74, 6) is 1.56. The van der Waals surface area contributed by atoms with Crippen molar-refractivity contribution >= 4 is 17.0 Å². The highest BCUT2D eigenvalue weighted by atomic mass is 16.3. The molecule has 2 atom stereocenters. The minimum absolute atomic E-state index is 0.259. The van der Waals surface area contributed by atoms with E-state index in [0.29, 0.717) is 24.2 Å². The first-order valence-electron chi connectivity index (χ1n) is 7.91. The van der Waals surface area contributed by atoms with Crippen LogP contribution in [0.1, 0.15) is 38.5 Å². The van der Waals surface area contributed by atoms with Crippen LogP contribution < -0.4 is 4.90 Å². The molecule has 3 heterocycles. The van der Waals surface area contributed by atoms with E-state index in [-0.39, 0.29) is 6.10 Å². The van der Waals surface area contributed by atoms with E-state index in [1.54, 1.807) is 12.7 Å². The number of anilines is 1. The Morgan fingerprint density at radius 1 is 1.14 bits per heavy atom. The van der Waals surface area contributed by atoms with Crippen molar-refractivity contribution in [2.24, 2.45) is 5.92 Å². The van der Waals surface area contributed by atoms with E-state index >= 15 is 0 Å². The molecule has 0 aromatic carbocycles. The molecule has 0 radical (unpaired) electrons. The monoisotopic (exact) mass is 287 g/mol. The van der Waals surface area contributed by atoms with Crippen molar-refractivity contribution in [3.63, 3.8) is 0 Å². The second kappa shape index (κ2) is 5.26. The molecule has 0 unspecified atom stereocenters. The first-order valence-corrected chi connectivity index (χ1v) is 7.91. The Balaban J connectivity index is 1.69. The molecule has 2 N–H and O–H groups in total. The summed E-state index contributed by atoms with van der Waals surface area (Å²) >= 11 is 0. The third-order valence-electron chi connectivity index (χ3n) is 4.99. The van der Waals surface area contributed by atoms with E-state index in [2.05, 4.69) is 24.8 Å². The highest BCUT2D eigenvalue weighted by molar-refractivity contribution is 5.83. The second-order valence-electron chi connectivity index (χ2n) is 6.31. The maximum absolute atomic E-state index is 10.2. The van der Waals surface area contributed by atoms with Crippen LogP contribution >= 0.6 is 0 Å². The Morgan fingerprint density at radius 2 is 2.00 bits per heavy atom. The van der Waals surface area contributed by atoms with Crippen molar-refractivity contribution < 1.29 is 5.11 Å². The van der Waals surface area contributed by atoms with E-state index in [0.717, 1.165) is 17.8 Å². The molecule has 2 aromatic rings. The van der Waals surface area contributed by atoms with Crippen LogP contribution in [0.5, 0.6) is 0 Å². The predicted molar refractivity (Wildman–Crippen MR) is 80.0 cm³/mol. The van der Waals surface area contributed by atoms with Gasteiger partial charge in [-0.05, 0) is 25.2 Å². The van der Waals surface area contributed by atoms with Crippen molar-refractivity contribution in [2.45, 2.75) is 50.7 Å². The number of nitrogens with zero attached hydrogens (tertiary/aromatic N) is 4. The third kappa shape index (κ3) is 2.27. The van der Waals surface area contributed by atoms with Gasteiger partial charge in [-0.2, -0.15) is 0 Å². The van der Waals surface area contributed by atoms with Gasteiger partial charge >= 0.3 is 0 Å². The number of β-amino-alcohol motifs (C(OH)–C–C–N with tert-alkyl or cyclic N) is 1. The van der Waals surface area contributed by atoms with Crippen LogP contribution in [-0.2, 0) is 0 Å². The topological polar surface area (TPSA) is 77.9 Å². The summed E-state index contributed by atoms with van der Waals surface area (Å²) in [5.41, 5.74) is 1.58. The lowest BCUT2D eigenvalue weighted by Crippen LogP contribution is -2.37. The van der Waals surface area contributed by atoms with Gasteiger partial charge in [0.25, 0.3) is 0 Å². The van der Waals surface area contributed by atoms with E-state index in [1.807, 2.05) is 0 Å². The van der Waals surface area contributed by atoms with E-state index in [9.17, 15) is 5.11 Å². The van der Waals surface area contributed by atoms with E-state index < -0.39 is 0 Å². The molecule has 1 aliphatic carbocycles. The normalized spacial score (nSPS) is 27.6. The van der Waals surface area contributed by atoms with Gasteiger partial charge in [0, 0.05) is 12.6 Å². The van der Waals surface area contributed by atoms with Gasteiger partial charge in [0.2, 0.25) is 0 Å². The summed E-state index contributed by atoms with van der Waals surface area (Å²) in [4.78, 5) is 18.3. The predicted octanol–water partition coefficient (Wildman–Crippen LogP) is 1.87. The van der Waals surface area contributed by atoms with Gasteiger partial charge in [-0.15, -0.1) is 0 Å². The number of H-pyrrole nitrogens is 1.